The lowest BCUT2D eigenvalue weighted by Gasteiger charge is -2.33. The summed E-state index contributed by atoms with van der Waals surface area (Å²) in [6.07, 6.45) is -0.485. The molecule has 1 amide bonds. The van der Waals surface area contributed by atoms with Crippen LogP contribution in [0.2, 0.25) is 5.02 Å². The van der Waals surface area contributed by atoms with Crippen molar-refractivity contribution in [1.82, 2.24) is 9.88 Å². The van der Waals surface area contributed by atoms with Crippen molar-refractivity contribution in [1.29, 1.82) is 0 Å². The van der Waals surface area contributed by atoms with E-state index in [-0.39, 0.29) is 19.4 Å². The summed E-state index contributed by atoms with van der Waals surface area (Å²) in [6.45, 7) is -0.242. The molecular formula is C20H23ClN2O8. The van der Waals surface area contributed by atoms with E-state index in [0.29, 0.717) is 27.9 Å². The van der Waals surface area contributed by atoms with Gasteiger partial charge in [-0.15, -0.1) is 0 Å². The first kappa shape index (κ1) is 23.0. The van der Waals surface area contributed by atoms with Crippen molar-refractivity contribution in [3.63, 3.8) is 0 Å². The van der Waals surface area contributed by atoms with Crippen LogP contribution in [0.3, 0.4) is 0 Å². The average Bonchev–Trinajstić information content (AvgIpc) is 3.04. The Morgan fingerprint density at radius 3 is 2.65 bits per heavy atom. The first-order chi connectivity index (χ1) is 14.7. The van der Waals surface area contributed by atoms with Crippen LogP contribution >= 0.6 is 11.6 Å². The number of aliphatic hydroxyl groups is 2. The number of carbonyl (C=O) groups excluding carboxylic acids is 1. The number of aromatic nitrogens is 1. The highest BCUT2D eigenvalue weighted by atomic mass is 35.5. The summed E-state index contributed by atoms with van der Waals surface area (Å²) in [5, 5.41) is 40.8. The van der Waals surface area contributed by atoms with Crippen molar-refractivity contribution in [3.8, 4) is 0 Å². The molecule has 1 aliphatic rings. The van der Waals surface area contributed by atoms with Gasteiger partial charge in [-0.25, -0.2) is 4.79 Å². The van der Waals surface area contributed by atoms with Crippen molar-refractivity contribution in [2.45, 2.75) is 50.2 Å². The summed E-state index contributed by atoms with van der Waals surface area (Å²) in [7, 11) is 0. The fourth-order valence-corrected chi connectivity index (χ4v) is 3.90. The van der Waals surface area contributed by atoms with Crippen molar-refractivity contribution >= 4 is 40.3 Å². The van der Waals surface area contributed by atoms with Gasteiger partial charge in [0.05, 0.1) is 37.2 Å². The molecule has 2 heterocycles. The molecule has 3 rings (SSSR count). The second-order valence-electron chi connectivity index (χ2n) is 7.48. The molecule has 0 radical (unpaired) electrons. The van der Waals surface area contributed by atoms with Gasteiger partial charge in [0.15, 0.2) is 0 Å². The number of carbonyl (C=O) groups is 3. The van der Waals surface area contributed by atoms with Crippen LogP contribution < -0.4 is 5.32 Å². The van der Waals surface area contributed by atoms with Gasteiger partial charge in [0, 0.05) is 29.4 Å². The number of fused-ring (bicyclic) bond motifs is 1. The number of hydrogen-bond donors (Lipinski definition) is 5. The van der Waals surface area contributed by atoms with E-state index >= 15 is 0 Å². The Hall–Kier alpha value is -2.66. The fraction of sp³-hybridized carbons (Fsp3) is 0.450. The van der Waals surface area contributed by atoms with Gasteiger partial charge >= 0.3 is 11.9 Å². The number of carboxylic acids is 2. The second kappa shape index (κ2) is 9.65. The second-order valence-corrected chi connectivity index (χ2v) is 7.91. The Morgan fingerprint density at radius 2 is 2.00 bits per heavy atom. The molecule has 1 aliphatic heterocycles. The number of benzene rings is 1. The molecule has 10 nitrogen and oxygen atoms in total. The first-order valence-corrected chi connectivity index (χ1v) is 10.0. The number of halogens is 1. The van der Waals surface area contributed by atoms with Crippen LogP contribution in [-0.2, 0) is 25.5 Å². The Kier molecular flexibility index (Phi) is 7.16. The third-order valence-corrected chi connectivity index (χ3v) is 5.35. The normalized spacial score (nSPS) is 22.2. The van der Waals surface area contributed by atoms with E-state index in [1.807, 2.05) is 0 Å². The van der Waals surface area contributed by atoms with Crippen molar-refractivity contribution in [2.75, 3.05) is 6.61 Å². The summed E-state index contributed by atoms with van der Waals surface area (Å²) in [5.74, 6) is -3.45. The number of nitrogens with one attached hydrogen (secondary N) is 1. The Balaban J connectivity index is 1.89. The minimum Gasteiger partial charge on any atom is -0.481 e. The minimum atomic E-state index is -1.55. The summed E-state index contributed by atoms with van der Waals surface area (Å²) >= 11 is 6.12. The maximum Gasteiger partial charge on any atom is 0.326 e. The Bertz CT molecular complexity index is 991. The summed E-state index contributed by atoms with van der Waals surface area (Å²) < 4.78 is 7.61. The molecule has 0 saturated carbocycles. The Labute approximate surface area is 182 Å². The lowest BCUT2D eigenvalue weighted by molar-refractivity contribution is -0.147. The van der Waals surface area contributed by atoms with E-state index in [2.05, 4.69) is 5.32 Å². The van der Waals surface area contributed by atoms with E-state index in [1.165, 1.54) is 0 Å². The number of aliphatic carboxylic acids is 2. The van der Waals surface area contributed by atoms with Gasteiger partial charge in [-0.1, -0.05) is 11.6 Å². The molecule has 4 atom stereocenters. The molecule has 4 unspecified atom stereocenters. The molecule has 0 aliphatic carbocycles. The maximum absolute atomic E-state index is 12.5. The number of rotatable bonds is 8. The first-order valence-electron chi connectivity index (χ1n) is 9.65. The molecule has 0 spiro atoms. The van der Waals surface area contributed by atoms with E-state index in [0.717, 1.165) is 0 Å². The van der Waals surface area contributed by atoms with Gasteiger partial charge in [0.1, 0.15) is 12.3 Å². The van der Waals surface area contributed by atoms with Gasteiger partial charge in [-0.05, 0) is 23.8 Å². The standard InChI is InChI=1S/C20H23ClN2O8/c21-11-1-2-16-14(4-11)10(3-17(26)22-15(20(29)30)7-19(27)28)8-23(16)18-6-12(25)5-13(9-24)31-18/h1-2,4,8,12-13,15,18,24-25H,3,5-7,9H2,(H,22,26)(H,27,28)(H,29,30). The average molecular weight is 455 g/mol. The summed E-state index contributed by atoms with van der Waals surface area (Å²) in [4.78, 5) is 34.5. The predicted octanol–water partition coefficient (Wildman–Crippen LogP) is 0.912. The number of amides is 1. The monoisotopic (exact) mass is 454 g/mol. The zero-order valence-corrected chi connectivity index (χ0v) is 17.2. The van der Waals surface area contributed by atoms with E-state index in [4.69, 9.17) is 26.6 Å². The summed E-state index contributed by atoms with van der Waals surface area (Å²) in [6, 6.07) is 3.51. The number of nitrogens with zero attached hydrogens (tertiary/aromatic N) is 1. The van der Waals surface area contributed by atoms with Crippen LogP contribution in [0.4, 0.5) is 0 Å². The Morgan fingerprint density at radius 1 is 1.26 bits per heavy atom. The molecule has 168 valence electrons. The molecule has 2 aromatic rings. The maximum atomic E-state index is 12.5. The van der Waals surface area contributed by atoms with E-state index in [9.17, 15) is 24.6 Å². The van der Waals surface area contributed by atoms with Crippen LogP contribution in [0, 0.1) is 0 Å². The lowest BCUT2D eigenvalue weighted by atomic mass is 10.0. The van der Waals surface area contributed by atoms with Gasteiger partial charge in [0.25, 0.3) is 0 Å². The van der Waals surface area contributed by atoms with Crippen LogP contribution in [0.15, 0.2) is 24.4 Å². The van der Waals surface area contributed by atoms with Crippen LogP contribution in [0.5, 0.6) is 0 Å². The SMILES string of the molecule is O=C(O)CC(NC(=O)Cc1cn(C2CC(O)CC(CO)O2)c2ccc(Cl)cc12)C(=O)O. The zero-order chi connectivity index (χ0) is 22.7. The molecule has 1 aromatic heterocycles. The number of aliphatic hydroxyl groups excluding tert-OH is 2. The smallest absolute Gasteiger partial charge is 0.326 e. The van der Waals surface area contributed by atoms with Crippen molar-refractivity contribution in [3.05, 3.63) is 35.0 Å². The van der Waals surface area contributed by atoms with Crippen LogP contribution in [0.1, 0.15) is 31.1 Å². The highest BCUT2D eigenvalue weighted by Crippen LogP contribution is 2.33. The molecule has 5 N–H and O–H groups in total. The minimum absolute atomic E-state index is 0.216. The third-order valence-electron chi connectivity index (χ3n) is 5.11. The molecule has 11 heteroatoms. The van der Waals surface area contributed by atoms with Crippen LogP contribution in [0.25, 0.3) is 10.9 Å². The van der Waals surface area contributed by atoms with Crippen molar-refractivity contribution < 1.29 is 39.5 Å². The molecule has 0 bridgehead atoms. The third kappa shape index (κ3) is 5.53. The lowest BCUT2D eigenvalue weighted by Crippen LogP contribution is -2.42. The quantitative estimate of drug-likeness (QED) is 0.393. The largest absolute Gasteiger partial charge is 0.481 e. The van der Waals surface area contributed by atoms with Crippen LogP contribution in [-0.4, -0.2) is 67.7 Å². The van der Waals surface area contributed by atoms with E-state index < -0.39 is 48.7 Å². The van der Waals surface area contributed by atoms with Gasteiger partial charge in [-0.2, -0.15) is 0 Å². The zero-order valence-electron chi connectivity index (χ0n) is 16.4. The molecule has 1 aromatic carbocycles. The summed E-state index contributed by atoms with van der Waals surface area (Å²) in [5.41, 5.74) is 1.21. The highest BCUT2D eigenvalue weighted by molar-refractivity contribution is 6.31. The predicted molar refractivity (Wildman–Crippen MR) is 109 cm³/mol. The highest BCUT2D eigenvalue weighted by Gasteiger charge is 2.30. The molecule has 31 heavy (non-hydrogen) atoms. The molecule has 1 fully saturated rings. The van der Waals surface area contributed by atoms with E-state index in [1.54, 1.807) is 29.0 Å². The fourth-order valence-electron chi connectivity index (χ4n) is 3.73. The molecule has 1 saturated heterocycles. The van der Waals surface area contributed by atoms with Crippen molar-refractivity contribution in [2.24, 2.45) is 0 Å². The van der Waals surface area contributed by atoms with Gasteiger partial charge in [0.2, 0.25) is 5.91 Å². The van der Waals surface area contributed by atoms with Gasteiger partial charge < -0.3 is 35.0 Å². The number of hydrogen-bond acceptors (Lipinski definition) is 6. The number of carboxylic acid groups (broad SMARTS) is 2. The number of ether oxygens (including phenoxy) is 1. The molecular weight excluding hydrogens is 432 g/mol. The topological polar surface area (TPSA) is 158 Å². The van der Waals surface area contributed by atoms with Gasteiger partial charge in [-0.3, -0.25) is 9.59 Å².